The van der Waals surface area contributed by atoms with Gasteiger partial charge in [0.25, 0.3) is 0 Å². The first-order valence-electron chi connectivity index (χ1n) is 7.08. The Hall–Kier alpha value is -1.10. The smallest absolute Gasteiger partial charge is 0.242 e. The maximum absolute atomic E-state index is 13.6. The Balaban J connectivity index is 1.91. The number of hydrogen-bond acceptors (Lipinski definition) is 2. The van der Waals surface area contributed by atoms with E-state index in [1.807, 2.05) is 0 Å². The summed E-state index contributed by atoms with van der Waals surface area (Å²) in [6.07, 6.45) is 5.69. The van der Waals surface area contributed by atoms with Gasteiger partial charge in [0.2, 0.25) is 5.91 Å². The molecule has 2 rings (SSSR count). The molecule has 20 heavy (non-hydrogen) atoms. The molecule has 0 aliphatic heterocycles. The number of hydrogen-bond donors (Lipinski definition) is 2. The van der Waals surface area contributed by atoms with Gasteiger partial charge in [-0.15, -0.1) is 0 Å². The highest BCUT2D eigenvalue weighted by atomic mass is 79.9. The van der Waals surface area contributed by atoms with Crippen LogP contribution in [0.15, 0.2) is 22.7 Å². The Bertz CT molecular complexity index is 475. The number of rotatable bonds is 4. The summed E-state index contributed by atoms with van der Waals surface area (Å²) in [6.45, 7) is 1.75. The highest BCUT2D eigenvalue weighted by molar-refractivity contribution is 9.10. The third-order valence-corrected chi connectivity index (χ3v) is 4.14. The van der Waals surface area contributed by atoms with Crippen molar-refractivity contribution in [3.63, 3.8) is 0 Å². The van der Waals surface area contributed by atoms with Crippen molar-refractivity contribution in [2.24, 2.45) is 0 Å². The Morgan fingerprint density at radius 1 is 1.35 bits per heavy atom. The Morgan fingerprint density at radius 3 is 2.75 bits per heavy atom. The molecule has 0 saturated heterocycles. The van der Waals surface area contributed by atoms with E-state index in [0.29, 0.717) is 5.69 Å². The van der Waals surface area contributed by atoms with Crippen LogP contribution < -0.4 is 10.6 Å². The summed E-state index contributed by atoms with van der Waals surface area (Å²) < 4.78 is 14.4. The third kappa shape index (κ3) is 4.20. The van der Waals surface area contributed by atoms with Crippen LogP contribution in [0.5, 0.6) is 0 Å². The van der Waals surface area contributed by atoms with E-state index in [2.05, 4.69) is 26.6 Å². The van der Waals surface area contributed by atoms with E-state index in [9.17, 15) is 9.18 Å². The van der Waals surface area contributed by atoms with Crippen LogP contribution in [0.25, 0.3) is 0 Å². The van der Waals surface area contributed by atoms with E-state index in [1.165, 1.54) is 25.3 Å². The lowest BCUT2D eigenvalue weighted by molar-refractivity contribution is -0.122. The molecule has 1 aromatic rings. The number of carbonyl (C=O) groups excluding carboxylic acids is 1. The molecule has 1 aliphatic carbocycles. The Kier molecular flexibility index (Phi) is 5.40. The van der Waals surface area contributed by atoms with Crippen LogP contribution in [0.2, 0.25) is 0 Å². The second kappa shape index (κ2) is 7.07. The molecule has 3 nitrogen and oxygen atoms in total. The number of nitrogens with one attached hydrogen (secondary N) is 2. The predicted octanol–water partition coefficient (Wildman–Crippen LogP) is 3.84. The van der Waals surface area contributed by atoms with Crippen molar-refractivity contribution in [2.45, 2.75) is 51.1 Å². The molecule has 1 fully saturated rings. The average molecular weight is 343 g/mol. The molecular weight excluding hydrogens is 323 g/mol. The van der Waals surface area contributed by atoms with Crippen LogP contribution in [0.3, 0.4) is 0 Å². The fraction of sp³-hybridized carbons (Fsp3) is 0.533. The number of halogens is 2. The zero-order valence-electron chi connectivity index (χ0n) is 11.6. The van der Waals surface area contributed by atoms with Gasteiger partial charge in [-0.3, -0.25) is 4.79 Å². The minimum atomic E-state index is -0.458. The van der Waals surface area contributed by atoms with Gasteiger partial charge in [-0.25, -0.2) is 4.39 Å². The van der Waals surface area contributed by atoms with Crippen LogP contribution >= 0.6 is 15.9 Å². The van der Waals surface area contributed by atoms with E-state index >= 15 is 0 Å². The summed E-state index contributed by atoms with van der Waals surface area (Å²) in [5.41, 5.74) is 0.339. The van der Waals surface area contributed by atoms with Gasteiger partial charge in [0.15, 0.2) is 0 Å². The first-order chi connectivity index (χ1) is 9.56. The van der Waals surface area contributed by atoms with E-state index in [1.54, 1.807) is 19.1 Å². The van der Waals surface area contributed by atoms with Gasteiger partial charge in [0.05, 0.1) is 5.69 Å². The molecule has 1 saturated carbocycles. The van der Waals surface area contributed by atoms with E-state index < -0.39 is 6.04 Å². The van der Waals surface area contributed by atoms with Crippen molar-refractivity contribution in [3.05, 3.63) is 28.5 Å². The van der Waals surface area contributed by atoms with Crippen molar-refractivity contribution in [2.75, 3.05) is 5.32 Å². The molecule has 0 radical (unpaired) electrons. The molecular formula is C15H20BrFN2O. The number of amides is 1. The van der Waals surface area contributed by atoms with Gasteiger partial charge in [-0.1, -0.05) is 35.2 Å². The second-order valence-corrected chi connectivity index (χ2v) is 6.25. The molecule has 0 bridgehead atoms. The van der Waals surface area contributed by atoms with Crippen LogP contribution in [-0.4, -0.2) is 18.0 Å². The van der Waals surface area contributed by atoms with Gasteiger partial charge in [-0.05, 0) is 38.0 Å². The minimum Gasteiger partial charge on any atom is -0.371 e. The quantitative estimate of drug-likeness (QED) is 0.872. The first-order valence-corrected chi connectivity index (χ1v) is 7.87. The molecule has 0 heterocycles. The van der Waals surface area contributed by atoms with Gasteiger partial charge in [-0.2, -0.15) is 0 Å². The lowest BCUT2D eigenvalue weighted by Gasteiger charge is -2.25. The molecule has 110 valence electrons. The van der Waals surface area contributed by atoms with Gasteiger partial charge in [0.1, 0.15) is 11.9 Å². The fourth-order valence-corrected chi connectivity index (χ4v) is 2.84. The van der Waals surface area contributed by atoms with Crippen LogP contribution in [0.4, 0.5) is 10.1 Å². The largest absolute Gasteiger partial charge is 0.371 e. The number of anilines is 1. The van der Waals surface area contributed by atoms with Crippen molar-refractivity contribution in [1.29, 1.82) is 0 Å². The van der Waals surface area contributed by atoms with Gasteiger partial charge < -0.3 is 10.6 Å². The lowest BCUT2D eigenvalue weighted by atomic mass is 9.95. The van der Waals surface area contributed by atoms with Crippen molar-refractivity contribution < 1.29 is 9.18 Å². The van der Waals surface area contributed by atoms with E-state index in [-0.39, 0.29) is 17.8 Å². The van der Waals surface area contributed by atoms with Crippen LogP contribution in [-0.2, 0) is 4.79 Å². The minimum absolute atomic E-state index is 0.0729. The Morgan fingerprint density at radius 2 is 2.05 bits per heavy atom. The highest BCUT2D eigenvalue weighted by Crippen LogP contribution is 2.21. The highest BCUT2D eigenvalue weighted by Gasteiger charge is 2.20. The van der Waals surface area contributed by atoms with Crippen molar-refractivity contribution >= 4 is 27.5 Å². The van der Waals surface area contributed by atoms with E-state index in [0.717, 1.165) is 17.3 Å². The fourth-order valence-electron chi connectivity index (χ4n) is 2.48. The number of benzene rings is 1. The van der Waals surface area contributed by atoms with Gasteiger partial charge in [0, 0.05) is 10.5 Å². The van der Waals surface area contributed by atoms with E-state index in [4.69, 9.17) is 0 Å². The maximum atomic E-state index is 13.6. The summed E-state index contributed by atoms with van der Waals surface area (Å²) in [6, 6.07) is 4.46. The molecule has 1 amide bonds. The molecule has 1 unspecified atom stereocenters. The van der Waals surface area contributed by atoms with Gasteiger partial charge >= 0.3 is 0 Å². The molecule has 1 aromatic carbocycles. The maximum Gasteiger partial charge on any atom is 0.242 e. The van der Waals surface area contributed by atoms with Crippen LogP contribution in [0.1, 0.15) is 39.0 Å². The van der Waals surface area contributed by atoms with Crippen LogP contribution in [0, 0.1) is 5.82 Å². The molecule has 1 atom stereocenters. The average Bonchev–Trinajstić information content (AvgIpc) is 2.44. The summed E-state index contributed by atoms with van der Waals surface area (Å²) in [5, 5.41) is 5.96. The normalized spacial score (nSPS) is 17.6. The lowest BCUT2D eigenvalue weighted by Crippen LogP contribution is -2.44. The SMILES string of the molecule is CC(Nc1cc(Br)ccc1F)C(=O)NC1CCCCC1. The molecule has 5 heteroatoms. The third-order valence-electron chi connectivity index (χ3n) is 3.65. The number of carbonyl (C=O) groups is 1. The van der Waals surface area contributed by atoms with Crippen molar-refractivity contribution in [3.8, 4) is 0 Å². The Labute approximate surface area is 127 Å². The zero-order chi connectivity index (χ0) is 14.5. The monoisotopic (exact) mass is 342 g/mol. The topological polar surface area (TPSA) is 41.1 Å². The molecule has 1 aliphatic rings. The summed E-state index contributed by atoms with van der Waals surface area (Å²) >= 11 is 3.30. The summed E-state index contributed by atoms with van der Waals surface area (Å²) in [5.74, 6) is -0.429. The summed E-state index contributed by atoms with van der Waals surface area (Å²) in [7, 11) is 0. The van der Waals surface area contributed by atoms with Crippen molar-refractivity contribution in [1.82, 2.24) is 5.32 Å². The standard InChI is InChI=1S/C15H20BrFN2O/c1-10(15(20)19-12-5-3-2-4-6-12)18-14-9-11(16)7-8-13(14)17/h7-10,12,18H,2-6H2,1H3,(H,19,20). The second-order valence-electron chi connectivity index (χ2n) is 5.33. The molecule has 0 spiro atoms. The zero-order valence-corrected chi connectivity index (χ0v) is 13.2. The summed E-state index contributed by atoms with van der Waals surface area (Å²) in [4.78, 5) is 12.1. The predicted molar refractivity (Wildman–Crippen MR) is 82.2 cm³/mol. The molecule has 0 aromatic heterocycles. The molecule has 2 N–H and O–H groups in total. The first kappa shape index (κ1) is 15.3.